The van der Waals surface area contributed by atoms with E-state index in [0.717, 1.165) is 0 Å². The second kappa shape index (κ2) is 6.26. The molecule has 0 radical (unpaired) electrons. The summed E-state index contributed by atoms with van der Waals surface area (Å²) < 4.78 is 5.21. The number of alkyl halides is 1. The van der Waals surface area contributed by atoms with Crippen LogP contribution in [0.5, 0.6) is 0 Å². The molecule has 1 atom stereocenters. The number of amides is 1. The lowest BCUT2D eigenvalue weighted by Crippen LogP contribution is -2.32. The fourth-order valence-corrected chi connectivity index (χ4v) is 0.687. The maximum atomic E-state index is 10.9. The molecule has 0 aliphatic heterocycles. The summed E-state index contributed by atoms with van der Waals surface area (Å²) in [5, 5.41) is 2.17. The molecule has 1 amide bonds. The number of ether oxygens (including phenoxy) is 1. The quantitative estimate of drug-likeness (QED) is 0.526. The first kappa shape index (κ1) is 11.7. The number of nitrogens with one attached hydrogen (secondary N) is 1. The largest absolute Gasteiger partial charge is 0.377 e. The van der Waals surface area contributed by atoms with Crippen LogP contribution in [0.15, 0.2) is 0 Å². The first-order valence-corrected chi connectivity index (χ1v) is 4.51. The average molecular weight is 194 g/mol. The summed E-state index contributed by atoms with van der Waals surface area (Å²) in [6.45, 7) is 6.60. The SMILES string of the molecule is CC(C)OCCNC(=O)C(C)Cl. The molecule has 0 aromatic carbocycles. The molecule has 0 aliphatic carbocycles. The summed E-state index contributed by atoms with van der Waals surface area (Å²) in [4.78, 5) is 10.9. The zero-order valence-corrected chi connectivity index (χ0v) is 8.52. The fourth-order valence-electron chi connectivity index (χ4n) is 0.609. The fraction of sp³-hybridized carbons (Fsp3) is 0.875. The van der Waals surface area contributed by atoms with E-state index < -0.39 is 5.38 Å². The second-order valence-electron chi connectivity index (χ2n) is 2.83. The van der Waals surface area contributed by atoms with Gasteiger partial charge in [-0.15, -0.1) is 11.6 Å². The van der Waals surface area contributed by atoms with Crippen LogP contribution in [0.2, 0.25) is 0 Å². The van der Waals surface area contributed by atoms with Gasteiger partial charge in [-0.05, 0) is 20.8 Å². The highest BCUT2D eigenvalue weighted by Gasteiger charge is 2.06. The molecular weight excluding hydrogens is 178 g/mol. The molecule has 0 heterocycles. The van der Waals surface area contributed by atoms with E-state index in [0.29, 0.717) is 13.2 Å². The van der Waals surface area contributed by atoms with Crippen molar-refractivity contribution in [3.63, 3.8) is 0 Å². The molecule has 1 N–H and O–H groups in total. The second-order valence-corrected chi connectivity index (χ2v) is 3.48. The topological polar surface area (TPSA) is 38.3 Å². The maximum absolute atomic E-state index is 10.9. The van der Waals surface area contributed by atoms with Gasteiger partial charge in [0.25, 0.3) is 0 Å². The minimum Gasteiger partial charge on any atom is -0.377 e. The Morgan fingerprint density at radius 3 is 2.50 bits per heavy atom. The summed E-state index contributed by atoms with van der Waals surface area (Å²) in [6.07, 6.45) is 0.204. The lowest BCUT2D eigenvalue weighted by atomic mass is 10.4. The van der Waals surface area contributed by atoms with Crippen LogP contribution in [-0.4, -0.2) is 30.5 Å². The number of rotatable bonds is 5. The summed E-state index contributed by atoms with van der Waals surface area (Å²) in [7, 11) is 0. The predicted octanol–water partition coefficient (Wildman–Crippen LogP) is 1.15. The summed E-state index contributed by atoms with van der Waals surface area (Å²) >= 11 is 5.52. The van der Waals surface area contributed by atoms with Crippen LogP contribution in [0.3, 0.4) is 0 Å². The normalized spacial score (nSPS) is 13.1. The van der Waals surface area contributed by atoms with Crippen LogP contribution in [0.25, 0.3) is 0 Å². The van der Waals surface area contributed by atoms with Crippen molar-refractivity contribution < 1.29 is 9.53 Å². The van der Waals surface area contributed by atoms with Gasteiger partial charge in [0.1, 0.15) is 5.38 Å². The Morgan fingerprint density at radius 1 is 1.50 bits per heavy atom. The summed E-state index contributed by atoms with van der Waals surface area (Å²) in [5.74, 6) is -0.149. The van der Waals surface area contributed by atoms with Crippen LogP contribution >= 0.6 is 11.6 Å². The first-order chi connectivity index (χ1) is 5.54. The molecule has 0 aliphatic rings. The molecule has 0 saturated heterocycles. The molecule has 0 aromatic rings. The third kappa shape index (κ3) is 6.43. The van der Waals surface area contributed by atoms with E-state index in [9.17, 15) is 4.79 Å². The highest BCUT2D eigenvalue weighted by Crippen LogP contribution is 1.91. The van der Waals surface area contributed by atoms with Crippen LogP contribution in [0.4, 0.5) is 0 Å². The molecule has 0 bridgehead atoms. The van der Waals surface area contributed by atoms with E-state index in [4.69, 9.17) is 16.3 Å². The van der Waals surface area contributed by atoms with Gasteiger partial charge in [0.2, 0.25) is 5.91 Å². The average Bonchev–Trinajstić information content (AvgIpc) is 1.97. The lowest BCUT2D eigenvalue weighted by Gasteiger charge is -2.09. The van der Waals surface area contributed by atoms with Crippen LogP contribution in [0.1, 0.15) is 20.8 Å². The lowest BCUT2D eigenvalue weighted by molar-refractivity contribution is -0.120. The van der Waals surface area contributed by atoms with Crippen molar-refractivity contribution in [2.45, 2.75) is 32.3 Å². The van der Waals surface area contributed by atoms with E-state index >= 15 is 0 Å². The molecule has 72 valence electrons. The van der Waals surface area contributed by atoms with Gasteiger partial charge in [0.15, 0.2) is 0 Å². The molecule has 1 unspecified atom stereocenters. The zero-order valence-electron chi connectivity index (χ0n) is 7.76. The molecule has 3 nitrogen and oxygen atoms in total. The molecule has 0 spiro atoms. The van der Waals surface area contributed by atoms with Crippen LogP contribution < -0.4 is 5.32 Å². The molecule has 4 heteroatoms. The van der Waals surface area contributed by atoms with Gasteiger partial charge in [0, 0.05) is 6.54 Å². The minimum atomic E-state index is -0.468. The zero-order chi connectivity index (χ0) is 9.56. The van der Waals surface area contributed by atoms with Gasteiger partial charge >= 0.3 is 0 Å². The van der Waals surface area contributed by atoms with Crippen molar-refractivity contribution in [3.05, 3.63) is 0 Å². The van der Waals surface area contributed by atoms with Gasteiger partial charge in [0.05, 0.1) is 12.7 Å². The van der Waals surface area contributed by atoms with Crippen molar-refractivity contribution in [2.75, 3.05) is 13.2 Å². The van der Waals surface area contributed by atoms with E-state index in [-0.39, 0.29) is 12.0 Å². The Morgan fingerprint density at radius 2 is 2.08 bits per heavy atom. The van der Waals surface area contributed by atoms with Crippen molar-refractivity contribution >= 4 is 17.5 Å². The van der Waals surface area contributed by atoms with Crippen molar-refractivity contribution in [1.82, 2.24) is 5.32 Å². The smallest absolute Gasteiger partial charge is 0.237 e. The van der Waals surface area contributed by atoms with Gasteiger partial charge < -0.3 is 10.1 Å². The van der Waals surface area contributed by atoms with E-state index in [1.54, 1.807) is 6.92 Å². The number of halogens is 1. The van der Waals surface area contributed by atoms with Gasteiger partial charge in [-0.2, -0.15) is 0 Å². The maximum Gasteiger partial charge on any atom is 0.237 e. The van der Waals surface area contributed by atoms with Gasteiger partial charge in [-0.1, -0.05) is 0 Å². The Bertz CT molecular complexity index is 137. The minimum absolute atomic E-state index is 0.149. The molecule has 12 heavy (non-hydrogen) atoms. The van der Waals surface area contributed by atoms with Crippen molar-refractivity contribution in [3.8, 4) is 0 Å². The molecule has 0 rings (SSSR count). The highest BCUT2D eigenvalue weighted by molar-refractivity contribution is 6.30. The molecule has 0 saturated carbocycles. The predicted molar refractivity (Wildman–Crippen MR) is 49.4 cm³/mol. The van der Waals surface area contributed by atoms with Crippen LogP contribution in [0, 0.1) is 0 Å². The van der Waals surface area contributed by atoms with E-state index in [2.05, 4.69) is 5.32 Å². The highest BCUT2D eigenvalue weighted by atomic mass is 35.5. The first-order valence-electron chi connectivity index (χ1n) is 4.07. The number of carbonyl (C=O) groups is 1. The Kier molecular flexibility index (Phi) is 6.11. The number of hydrogen-bond donors (Lipinski definition) is 1. The Labute approximate surface area is 78.4 Å². The molecule has 0 aromatic heterocycles. The Balaban J connectivity index is 3.26. The third-order valence-electron chi connectivity index (χ3n) is 1.21. The van der Waals surface area contributed by atoms with Gasteiger partial charge in [-0.25, -0.2) is 0 Å². The summed E-state index contributed by atoms with van der Waals surface area (Å²) in [6, 6.07) is 0. The van der Waals surface area contributed by atoms with E-state index in [1.165, 1.54) is 0 Å². The van der Waals surface area contributed by atoms with Crippen LogP contribution in [-0.2, 0) is 9.53 Å². The van der Waals surface area contributed by atoms with Gasteiger partial charge in [-0.3, -0.25) is 4.79 Å². The van der Waals surface area contributed by atoms with E-state index in [1.807, 2.05) is 13.8 Å². The third-order valence-corrected chi connectivity index (χ3v) is 1.41. The number of hydrogen-bond acceptors (Lipinski definition) is 2. The summed E-state index contributed by atoms with van der Waals surface area (Å²) in [5.41, 5.74) is 0. The molecular formula is C8H16ClNO2. The molecule has 0 fully saturated rings. The van der Waals surface area contributed by atoms with Crippen molar-refractivity contribution in [1.29, 1.82) is 0 Å². The Hall–Kier alpha value is -0.280. The monoisotopic (exact) mass is 193 g/mol. The van der Waals surface area contributed by atoms with Crippen molar-refractivity contribution in [2.24, 2.45) is 0 Å². The standard InChI is InChI=1S/C8H16ClNO2/c1-6(2)12-5-4-10-8(11)7(3)9/h6-7H,4-5H2,1-3H3,(H,10,11). The number of carbonyl (C=O) groups excluding carboxylic acids is 1.